The van der Waals surface area contributed by atoms with Crippen LogP contribution in [0.3, 0.4) is 0 Å². The van der Waals surface area contributed by atoms with Crippen LogP contribution in [0.15, 0.2) is 46.0 Å². The number of ether oxygens (including phenoxy) is 2. The maximum atomic E-state index is 11.7. The molecular weight excluding hydrogens is 380 g/mol. The number of amides is 1. The van der Waals surface area contributed by atoms with Crippen LogP contribution in [-0.4, -0.2) is 36.1 Å². The maximum absolute atomic E-state index is 11.7. The number of hydrazone groups is 1. The predicted molar refractivity (Wildman–Crippen MR) is 91.7 cm³/mol. The van der Waals surface area contributed by atoms with E-state index in [1.807, 2.05) is 0 Å². The number of phenols is 2. The number of hydrogen-bond donors (Lipinski definition) is 3. The van der Waals surface area contributed by atoms with E-state index in [-0.39, 0.29) is 18.1 Å². The second kappa shape index (κ2) is 8.21. The van der Waals surface area contributed by atoms with Crippen LogP contribution in [0.2, 0.25) is 0 Å². The van der Waals surface area contributed by atoms with Crippen LogP contribution in [0, 0.1) is 0 Å². The molecule has 8 heteroatoms. The van der Waals surface area contributed by atoms with Crippen molar-refractivity contribution in [3.05, 3.63) is 46.4 Å². The number of nitrogens with one attached hydrogen (secondary N) is 1. The van der Waals surface area contributed by atoms with Crippen LogP contribution >= 0.6 is 15.9 Å². The molecule has 0 aromatic heterocycles. The van der Waals surface area contributed by atoms with Crippen molar-refractivity contribution in [1.82, 2.24) is 5.43 Å². The zero-order valence-corrected chi connectivity index (χ0v) is 14.3. The van der Waals surface area contributed by atoms with Gasteiger partial charge in [-0.05, 0) is 57.9 Å². The third-order valence-corrected chi connectivity index (χ3v) is 3.52. The molecule has 2 aromatic carbocycles. The van der Waals surface area contributed by atoms with Crippen LogP contribution in [0.4, 0.5) is 0 Å². The summed E-state index contributed by atoms with van der Waals surface area (Å²) in [4.78, 5) is 11.7. The third kappa shape index (κ3) is 4.88. The van der Waals surface area contributed by atoms with E-state index in [9.17, 15) is 15.0 Å². The summed E-state index contributed by atoms with van der Waals surface area (Å²) in [5, 5.41) is 22.3. The Kier molecular flexibility index (Phi) is 6.02. The summed E-state index contributed by atoms with van der Waals surface area (Å²) in [6.45, 7) is -0.219. The largest absolute Gasteiger partial charge is 0.504 e. The van der Waals surface area contributed by atoms with Crippen molar-refractivity contribution in [2.24, 2.45) is 5.10 Å². The highest BCUT2D eigenvalue weighted by atomic mass is 79.9. The molecule has 2 rings (SSSR count). The van der Waals surface area contributed by atoms with E-state index in [1.165, 1.54) is 24.4 Å². The van der Waals surface area contributed by atoms with Gasteiger partial charge < -0.3 is 19.7 Å². The van der Waals surface area contributed by atoms with Gasteiger partial charge in [0.25, 0.3) is 5.91 Å². The molecule has 0 aliphatic heterocycles. The van der Waals surface area contributed by atoms with Gasteiger partial charge in [0.1, 0.15) is 11.5 Å². The normalized spacial score (nSPS) is 10.6. The first-order valence-corrected chi connectivity index (χ1v) is 7.59. The molecule has 0 saturated carbocycles. The fourth-order valence-corrected chi connectivity index (χ4v) is 2.17. The predicted octanol–water partition coefficient (Wildman–Crippen LogP) is 2.40. The molecule has 1 amide bonds. The summed E-state index contributed by atoms with van der Waals surface area (Å²) in [5.74, 6) is 0.225. The van der Waals surface area contributed by atoms with Crippen molar-refractivity contribution in [3.63, 3.8) is 0 Å². The Morgan fingerprint density at radius 1 is 1.25 bits per heavy atom. The average Bonchev–Trinajstić information content (AvgIpc) is 2.57. The Labute approximate surface area is 146 Å². The molecule has 0 unspecified atom stereocenters. The smallest absolute Gasteiger partial charge is 0.277 e. The number of halogens is 1. The lowest BCUT2D eigenvalue weighted by Crippen LogP contribution is -2.24. The third-order valence-electron chi connectivity index (χ3n) is 2.90. The van der Waals surface area contributed by atoms with Crippen molar-refractivity contribution in [2.45, 2.75) is 0 Å². The average molecular weight is 395 g/mol. The summed E-state index contributed by atoms with van der Waals surface area (Å²) in [6, 6.07) is 9.29. The summed E-state index contributed by atoms with van der Waals surface area (Å²) < 4.78 is 11.1. The molecule has 0 saturated heterocycles. The van der Waals surface area contributed by atoms with E-state index in [2.05, 4.69) is 26.5 Å². The van der Waals surface area contributed by atoms with Gasteiger partial charge in [0, 0.05) is 0 Å². The fraction of sp³-hybridized carbons (Fsp3) is 0.125. The van der Waals surface area contributed by atoms with Crippen LogP contribution < -0.4 is 14.9 Å². The minimum Gasteiger partial charge on any atom is -0.504 e. The van der Waals surface area contributed by atoms with E-state index in [1.54, 1.807) is 25.3 Å². The minimum atomic E-state index is -0.447. The molecule has 3 N–H and O–H groups in total. The molecule has 0 heterocycles. The first kappa shape index (κ1) is 17.6. The number of aromatic hydroxyl groups is 2. The van der Waals surface area contributed by atoms with Gasteiger partial charge in [-0.2, -0.15) is 5.10 Å². The molecule has 24 heavy (non-hydrogen) atoms. The number of rotatable bonds is 6. The zero-order chi connectivity index (χ0) is 17.5. The van der Waals surface area contributed by atoms with Crippen molar-refractivity contribution in [3.8, 4) is 23.0 Å². The lowest BCUT2D eigenvalue weighted by molar-refractivity contribution is -0.123. The van der Waals surface area contributed by atoms with E-state index in [0.29, 0.717) is 21.5 Å². The van der Waals surface area contributed by atoms with Gasteiger partial charge in [0.15, 0.2) is 18.1 Å². The van der Waals surface area contributed by atoms with Crippen LogP contribution in [0.5, 0.6) is 23.0 Å². The van der Waals surface area contributed by atoms with Gasteiger partial charge in [-0.25, -0.2) is 5.43 Å². The van der Waals surface area contributed by atoms with Crippen molar-refractivity contribution in [2.75, 3.05) is 13.7 Å². The number of nitrogens with zero attached hydrogens (tertiary/aromatic N) is 1. The summed E-state index contributed by atoms with van der Waals surface area (Å²) in [5.41, 5.74) is 2.82. The van der Waals surface area contributed by atoms with Crippen molar-refractivity contribution in [1.29, 1.82) is 0 Å². The number of benzene rings is 2. The molecular formula is C16H15BrN2O5. The van der Waals surface area contributed by atoms with Crippen LogP contribution in [0.1, 0.15) is 5.56 Å². The van der Waals surface area contributed by atoms with Crippen LogP contribution in [0.25, 0.3) is 0 Å². The topological polar surface area (TPSA) is 100 Å². The lowest BCUT2D eigenvalue weighted by atomic mass is 10.2. The van der Waals surface area contributed by atoms with Gasteiger partial charge in [0.2, 0.25) is 0 Å². The monoisotopic (exact) mass is 394 g/mol. The molecule has 0 radical (unpaired) electrons. The summed E-state index contributed by atoms with van der Waals surface area (Å²) in [7, 11) is 1.56. The Morgan fingerprint density at radius 3 is 2.71 bits per heavy atom. The molecule has 0 aliphatic carbocycles. The summed E-state index contributed by atoms with van der Waals surface area (Å²) in [6.07, 6.45) is 1.33. The van der Waals surface area contributed by atoms with Crippen molar-refractivity contribution >= 4 is 28.1 Å². The number of carbonyl (C=O) groups excluding carboxylic acids is 1. The number of phenolic OH excluding ortho intramolecular Hbond substituents is 2. The van der Waals surface area contributed by atoms with Crippen LogP contribution in [-0.2, 0) is 4.79 Å². The van der Waals surface area contributed by atoms with Gasteiger partial charge in [-0.15, -0.1) is 0 Å². The molecule has 0 aliphatic rings. The Balaban J connectivity index is 1.85. The first-order valence-electron chi connectivity index (χ1n) is 6.80. The molecule has 0 atom stereocenters. The standard InChI is InChI=1S/C16H15BrN2O5/c1-23-11-3-5-15(12(17)7-11)24-9-16(22)19-18-8-10-2-4-13(20)14(21)6-10/h2-8,20-21H,9H2,1H3,(H,19,22)/b18-8-. The molecule has 126 valence electrons. The number of carbonyl (C=O) groups is 1. The molecule has 0 bridgehead atoms. The molecule has 7 nitrogen and oxygen atoms in total. The van der Waals surface area contributed by atoms with E-state index < -0.39 is 5.91 Å². The van der Waals surface area contributed by atoms with E-state index in [4.69, 9.17) is 9.47 Å². The Bertz CT molecular complexity index is 764. The van der Waals surface area contributed by atoms with E-state index >= 15 is 0 Å². The summed E-state index contributed by atoms with van der Waals surface area (Å²) >= 11 is 3.32. The van der Waals surface area contributed by atoms with Gasteiger partial charge in [0.05, 0.1) is 17.8 Å². The fourth-order valence-electron chi connectivity index (χ4n) is 1.70. The van der Waals surface area contributed by atoms with Gasteiger partial charge in [-0.3, -0.25) is 4.79 Å². The highest BCUT2D eigenvalue weighted by Gasteiger charge is 2.06. The number of hydrogen-bond acceptors (Lipinski definition) is 6. The van der Waals surface area contributed by atoms with Gasteiger partial charge >= 0.3 is 0 Å². The second-order valence-electron chi connectivity index (χ2n) is 4.63. The zero-order valence-electron chi connectivity index (χ0n) is 12.7. The highest BCUT2D eigenvalue weighted by Crippen LogP contribution is 2.29. The minimum absolute atomic E-state index is 0.219. The highest BCUT2D eigenvalue weighted by molar-refractivity contribution is 9.10. The van der Waals surface area contributed by atoms with Gasteiger partial charge in [-0.1, -0.05) is 0 Å². The molecule has 0 fully saturated rings. The molecule has 2 aromatic rings. The first-order chi connectivity index (χ1) is 11.5. The van der Waals surface area contributed by atoms with Crippen molar-refractivity contribution < 1.29 is 24.5 Å². The van der Waals surface area contributed by atoms with E-state index in [0.717, 1.165) is 0 Å². The Morgan fingerprint density at radius 2 is 2.04 bits per heavy atom. The quantitative estimate of drug-likeness (QED) is 0.396. The second-order valence-corrected chi connectivity index (χ2v) is 5.48. The lowest BCUT2D eigenvalue weighted by Gasteiger charge is -2.08. The maximum Gasteiger partial charge on any atom is 0.277 e. The SMILES string of the molecule is COc1ccc(OCC(=O)N/N=C\c2ccc(O)c(O)c2)c(Br)c1. The Hall–Kier alpha value is -2.74. The molecule has 0 spiro atoms. The number of methoxy groups -OCH3 is 1.